The molecule has 0 radical (unpaired) electrons. The van der Waals surface area contributed by atoms with E-state index in [9.17, 15) is 0 Å². The van der Waals surface area contributed by atoms with Gasteiger partial charge < -0.3 is 23.7 Å². The van der Waals surface area contributed by atoms with E-state index >= 15 is 0 Å². The van der Waals surface area contributed by atoms with E-state index in [0.717, 1.165) is 11.1 Å². The average molecular weight is 467 g/mol. The van der Waals surface area contributed by atoms with Crippen molar-refractivity contribution in [1.29, 1.82) is 5.41 Å². The Balaban J connectivity index is 2.36. The van der Waals surface area contributed by atoms with Crippen LogP contribution in [0.1, 0.15) is 26.3 Å². The van der Waals surface area contributed by atoms with Crippen molar-refractivity contribution in [1.82, 2.24) is 0 Å². The van der Waals surface area contributed by atoms with Gasteiger partial charge in [0.15, 0.2) is 0 Å². The molecule has 0 saturated carbocycles. The first-order chi connectivity index (χ1) is 13.5. The molecule has 0 aliphatic carbocycles. The van der Waals surface area contributed by atoms with E-state index in [-0.39, 0.29) is 6.61 Å². The second-order valence-corrected chi connectivity index (χ2v) is 9.17. The highest BCUT2D eigenvalue weighted by Gasteiger charge is 2.55. The summed E-state index contributed by atoms with van der Waals surface area (Å²) in [5.41, 5.74) is 1.88. The Labute approximate surface area is 186 Å². The van der Waals surface area contributed by atoms with Crippen molar-refractivity contribution in [2.45, 2.75) is 48.3 Å². The van der Waals surface area contributed by atoms with Crippen LogP contribution in [-0.2, 0) is 23.7 Å². The third-order valence-corrected chi connectivity index (χ3v) is 5.54. The number of alkyl halides is 3. The lowest BCUT2D eigenvalue weighted by Gasteiger charge is -2.49. The zero-order valence-electron chi connectivity index (χ0n) is 17.0. The molecule has 0 aromatic heterocycles. The number of nitrogens with one attached hydrogen (secondary N) is 1. The molecule has 29 heavy (non-hydrogen) atoms. The standard InChI is InChI=1S/C20H26Cl3NO5/c1-13(14-9-7-6-8-10-14)11-15(28-17(24)20(21,22)23)16-12-27-18(2,25-4)19(3,26-5)29-16/h6-11,15-16,24H,12H2,1-5H3/b13-11+,24-17?/t15-,16?,18?,19?/m1/s1. The highest BCUT2D eigenvalue weighted by Crippen LogP contribution is 2.38. The van der Waals surface area contributed by atoms with Crippen LogP contribution in [0.25, 0.3) is 5.57 Å². The summed E-state index contributed by atoms with van der Waals surface area (Å²) in [6.07, 6.45) is 0.364. The largest absolute Gasteiger partial charge is 0.468 e. The minimum Gasteiger partial charge on any atom is -0.468 e. The molecular weight excluding hydrogens is 441 g/mol. The van der Waals surface area contributed by atoms with Crippen LogP contribution in [0.3, 0.4) is 0 Å². The molecule has 1 heterocycles. The number of halogens is 3. The summed E-state index contributed by atoms with van der Waals surface area (Å²) in [7, 11) is 3.00. The maximum Gasteiger partial charge on any atom is 0.265 e. The molecule has 6 nitrogen and oxygen atoms in total. The molecule has 1 aromatic carbocycles. The first kappa shape index (κ1) is 24.4. The molecule has 0 amide bonds. The van der Waals surface area contributed by atoms with Crippen molar-refractivity contribution < 1.29 is 23.7 Å². The monoisotopic (exact) mass is 465 g/mol. The highest BCUT2D eigenvalue weighted by atomic mass is 35.6. The molecule has 2 rings (SSSR count). The maximum atomic E-state index is 8.00. The lowest BCUT2D eigenvalue weighted by atomic mass is 10.0. The summed E-state index contributed by atoms with van der Waals surface area (Å²) in [5, 5.41) is 8.00. The van der Waals surface area contributed by atoms with Gasteiger partial charge in [-0.15, -0.1) is 0 Å². The van der Waals surface area contributed by atoms with Crippen LogP contribution < -0.4 is 0 Å². The van der Waals surface area contributed by atoms with Crippen LogP contribution in [0.15, 0.2) is 36.4 Å². The molecular formula is C20H26Cl3NO5. The number of ether oxygens (including phenoxy) is 5. The summed E-state index contributed by atoms with van der Waals surface area (Å²) >= 11 is 17.4. The van der Waals surface area contributed by atoms with E-state index in [1.54, 1.807) is 19.9 Å². The topological polar surface area (TPSA) is 70.0 Å². The van der Waals surface area contributed by atoms with E-state index in [1.807, 2.05) is 37.3 Å². The van der Waals surface area contributed by atoms with Gasteiger partial charge in [0.05, 0.1) is 6.61 Å². The fourth-order valence-electron chi connectivity index (χ4n) is 2.91. The summed E-state index contributed by atoms with van der Waals surface area (Å²) in [5.74, 6) is -2.89. The van der Waals surface area contributed by atoms with Gasteiger partial charge in [0.1, 0.15) is 12.2 Å². The van der Waals surface area contributed by atoms with E-state index in [2.05, 4.69) is 0 Å². The second-order valence-electron chi connectivity index (χ2n) is 6.89. The number of allylic oxidation sites excluding steroid dienone is 1. The third-order valence-electron chi connectivity index (χ3n) is 5.02. The Hall–Kier alpha value is -0.860. The fraction of sp³-hybridized carbons (Fsp3) is 0.550. The SMILES string of the molecule is COC1(C)OCC([C@@H](/C=C(\C)c2ccccc2)OC(=N)C(Cl)(Cl)Cl)OC1(C)OC. The Morgan fingerprint density at radius 2 is 1.76 bits per heavy atom. The number of hydrogen-bond acceptors (Lipinski definition) is 6. The highest BCUT2D eigenvalue weighted by molar-refractivity contribution is 6.76. The molecule has 1 aromatic rings. The Morgan fingerprint density at radius 3 is 2.28 bits per heavy atom. The van der Waals surface area contributed by atoms with Crippen molar-refractivity contribution in [3.8, 4) is 0 Å². The van der Waals surface area contributed by atoms with Crippen LogP contribution in [0.4, 0.5) is 0 Å². The molecule has 162 valence electrons. The van der Waals surface area contributed by atoms with E-state index < -0.39 is 33.5 Å². The minimum atomic E-state index is -2.01. The quantitative estimate of drug-likeness (QED) is 0.364. The predicted molar refractivity (Wildman–Crippen MR) is 115 cm³/mol. The number of rotatable bonds is 6. The molecule has 1 N–H and O–H groups in total. The van der Waals surface area contributed by atoms with Crippen LogP contribution in [0, 0.1) is 5.41 Å². The van der Waals surface area contributed by atoms with Gasteiger partial charge in [0.2, 0.25) is 17.5 Å². The fourth-order valence-corrected chi connectivity index (χ4v) is 3.04. The molecule has 1 aliphatic heterocycles. The summed E-state index contributed by atoms with van der Waals surface area (Å²) in [6, 6.07) is 9.71. The molecule has 1 aliphatic rings. The van der Waals surface area contributed by atoms with Crippen molar-refractivity contribution in [2.75, 3.05) is 20.8 Å². The minimum absolute atomic E-state index is 0.111. The second kappa shape index (κ2) is 9.52. The number of benzene rings is 1. The Kier molecular flexibility index (Phi) is 8.01. The van der Waals surface area contributed by atoms with Gasteiger partial charge in [0.25, 0.3) is 3.79 Å². The van der Waals surface area contributed by atoms with Gasteiger partial charge in [-0.05, 0) is 38.0 Å². The Morgan fingerprint density at radius 1 is 1.17 bits per heavy atom. The van der Waals surface area contributed by atoms with Gasteiger partial charge in [-0.25, -0.2) is 0 Å². The van der Waals surface area contributed by atoms with Crippen LogP contribution in [0.2, 0.25) is 0 Å². The van der Waals surface area contributed by atoms with Gasteiger partial charge in [0, 0.05) is 14.2 Å². The zero-order valence-corrected chi connectivity index (χ0v) is 19.3. The predicted octanol–water partition coefficient (Wildman–Crippen LogP) is 4.96. The smallest absolute Gasteiger partial charge is 0.265 e. The van der Waals surface area contributed by atoms with Gasteiger partial charge in [-0.3, -0.25) is 5.41 Å². The van der Waals surface area contributed by atoms with Crippen molar-refractivity contribution >= 4 is 46.3 Å². The van der Waals surface area contributed by atoms with E-state index in [4.69, 9.17) is 63.9 Å². The molecule has 0 bridgehead atoms. The zero-order chi connectivity index (χ0) is 21.9. The van der Waals surface area contributed by atoms with E-state index in [0.29, 0.717) is 0 Å². The normalized spacial score (nSPS) is 29.4. The lowest BCUT2D eigenvalue weighted by molar-refractivity contribution is -0.435. The van der Waals surface area contributed by atoms with E-state index in [1.165, 1.54) is 14.2 Å². The molecule has 4 atom stereocenters. The molecule has 1 fully saturated rings. The summed E-state index contributed by atoms with van der Waals surface area (Å²) in [6.45, 7) is 5.45. The van der Waals surface area contributed by atoms with Crippen LogP contribution >= 0.6 is 34.8 Å². The molecule has 3 unspecified atom stereocenters. The molecule has 0 spiro atoms. The molecule has 9 heteroatoms. The van der Waals surface area contributed by atoms with Crippen molar-refractivity contribution in [3.05, 3.63) is 42.0 Å². The molecule has 1 saturated heterocycles. The lowest BCUT2D eigenvalue weighted by Crippen LogP contribution is -2.64. The van der Waals surface area contributed by atoms with Gasteiger partial charge in [-0.2, -0.15) is 0 Å². The third kappa shape index (κ3) is 5.64. The van der Waals surface area contributed by atoms with Crippen LogP contribution in [0.5, 0.6) is 0 Å². The van der Waals surface area contributed by atoms with Crippen molar-refractivity contribution in [3.63, 3.8) is 0 Å². The first-order valence-electron chi connectivity index (χ1n) is 8.94. The summed E-state index contributed by atoms with van der Waals surface area (Å²) < 4.78 is 26.8. The average Bonchev–Trinajstić information content (AvgIpc) is 2.69. The Bertz CT molecular complexity index is 739. The van der Waals surface area contributed by atoms with Crippen LogP contribution in [-0.4, -0.2) is 54.3 Å². The van der Waals surface area contributed by atoms with Crippen molar-refractivity contribution in [2.24, 2.45) is 0 Å². The number of methoxy groups -OCH3 is 2. The summed E-state index contributed by atoms with van der Waals surface area (Å²) in [4.78, 5) is 0. The van der Waals surface area contributed by atoms with Gasteiger partial charge >= 0.3 is 0 Å². The first-order valence-corrected chi connectivity index (χ1v) is 10.1. The number of hydrogen-bond donors (Lipinski definition) is 1. The maximum absolute atomic E-state index is 8.00. The van der Waals surface area contributed by atoms with Gasteiger partial charge in [-0.1, -0.05) is 65.1 Å².